The molecule has 0 saturated carbocycles. The Morgan fingerprint density at radius 3 is 2.68 bits per heavy atom. The molecule has 0 bridgehead atoms. The van der Waals surface area contributed by atoms with Gasteiger partial charge < -0.3 is 9.55 Å². The highest BCUT2D eigenvalue weighted by atomic mass is 79.9. The molecule has 2 aromatic heterocycles. The highest BCUT2D eigenvalue weighted by Crippen LogP contribution is 2.30. The van der Waals surface area contributed by atoms with Crippen molar-refractivity contribution < 1.29 is 0 Å². The van der Waals surface area contributed by atoms with Crippen LogP contribution in [0.1, 0.15) is 0 Å². The van der Waals surface area contributed by atoms with Gasteiger partial charge in [0.2, 0.25) is 0 Å². The zero-order valence-corrected chi connectivity index (χ0v) is 11.7. The number of rotatable bonds is 1. The molecule has 92 valence electrons. The Labute approximate surface area is 118 Å². The highest BCUT2D eigenvalue weighted by molar-refractivity contribution is 9.10. The van der Waals surface area contributed by atoms with Crippen molar-refractivity contribution in [3.63, 3.8) is 0 Å². The number of hydrogen-bond donors (Lipinski definition) is 1. The van der Waals surface area contributed by atoms with E-state index >= 15 is 0 Å². The van der Waals surface area contributed by atoms with Crippen molar-refractivity contribution >= 4 is 37.7 Å². The Morgan fingerprint density at radius 2 is 1.74 bits per heavy atom. The van der Waals surface area contributed by atoms with Gasteiger partial charge in [-0.1, -0.05) is 24.3 Å². The lowest BCUT2D eigenvalue weighted by Gasteiger charge is -2.08. The second-order valence-electron chi connectivity index (χ2n) is 4.58. The molecule has 0 aliphatic rings. The Kier molecular flexibility index (Phi) is 2.29. The van der Waals surface area contributed by atoms with Crippen LogP contribution >= 0.6 is 15.9 Å². The third kappa shape index (κ3) is 1.55. The van der Waals surface area contributed by atoms with Gasteiger partial charge in [0.15, 0.2) is 0 Å². The van der Waals surface area contributed by atoms with Crippen LogP contribution in [0.15, 0.2) is 65.4 Å². The number of halogens is 1. The fourth-order valence-corrected chi connectivity index (χ4v) is 3.19. The molecule has 0 aliphatic heterocycles. The number of nitrogens with zero attached hydrogens (tertiary/aromatic N) is 1. The fourth-order valence-electron chi connectivity index (χ4n) is 2.62. The molecule has 0 spiro atoms. The van der Waals surface area contributed by atoms with Crippen LogP contribution in [0.4, 0.5) is 0 Å². The first-order chi connectivity index (χ1) is 9.34. The Balaban J connectivity index is 2.13. The molecule has 0 amide bonds. The lowest BCUT2D eigenvalue weighted by Crippen LogP contribution is -1.93. The molecule has 0 unspecified atom stereocenters. The fraction of sp³-hybridized carbons (Fsp3) is 0. The molecule has 1 N–H and O–H groups in total. The molecule has 2 heterocycles. The van der Waals surface area contributed by atoms with Crippen molar-refractivity contribution in [1.29, 1.82) is 0 Å². The maximum absolute atomic E-state index is 3.65. The van der Waals surface area contributed by atoms with Gasteiger partial charge in [-0.2, -0.15) is 0 Å². The van der Waals surface area contributed by atoms with Gasteiger partial charge in [-0.25, -0.2) is 0 Å². The molecular formula is C16H11BrN2. The van der Waals surface area contributed by atoms with E-state index in [4.69, 9.17) is 0 Å². The van der Waals surface area contributed by atoms with Gasteiger partial charge in [0.25, 0.3) is 0 Å². The minimum absolute atomic E-state index is 1.11. The normalized spacial score (nSPS) is 11.4. The van der Waals surface area contributed by atoms with E-state index in [2.05, 4.69) is 80.2 Å². The summed E-state index contributed by atoms with van der Waals surface area (Å²) in [4.78, 5) is 3.32. The number of H-pyrrole nitrogens is 1. The average Bonchev–Trinajstić information content (AvgIpc) is 3.05. The average molecular weight is 311 g/mol. The predicted molar refractivity (Wildman–Crippen MR) is 82.8 cm³/mol. The van der Waals surface area contributed by atoms with Crippen LogP contribution in [-0.2, 0) is 0 Å². The number of nitrogens with one attached hydrogen (secondary N) is 1. The van der Waals surface area contributed by atoms with Gasteiger partial charge in [0.1, 0.15) is 0 Å². The van der Waals surface area contributed by atoms with Crippen molar-refractivity contribution in [2.45, 2.75) is 0 Å². The smallest absolute Gasteiger partial charge is 0.0698 e. The van der Waals surface area contributed by atoms with Crippen LogP contribution in [0.3, 0.4) is 0 Å². The van der Waals surface area contributed by atoms with Crippen molar-refractivity contribution in [3.8, 4) is 5.69 Å². The zero-order chi connectivity index (χ0) is 12.8. The molecule has 19 heavy (non-hydrogen) atoms. The molecule has 0 radical (unpaired) electrons. The van der Waals surface area contributed by atoms with Crippen LogP contribution in [-0.4, -0.2) is 9.55 Å². The summed E-state index contributed by atoms with van der Waals surface area (Å²) in [5.41, 5.74) is 3.53. The maximum Gasteiger partial charge on any atom is 0.0698 e. The van der Waals surface area contributed by atoms with Crippen LogP contribution in [0, 0.1) is 0 Å². The van der Waals surface area contributed by atoms with E-state index in [1.165, 1.54) is 22.0 Å². The van der Waals surface area contributed by atoms with Crippen molar-refractivity contribution in [2.24, 2.45) is 0 Å². The summed E-state index contributed by atoms with van der Waals surface area (Å²) >= 11 is 3.65. The number of benzene rings is 2. The van der Waals surface area contributed by atoms with Crippen molar-refractivity contribution in [2.75, 3.05) is 0 Å². The summed E-state index contributed by atoms with van der Waals surface area (Å²) in [5.74, 6) is 0. The van der Waals surface area contributed by atoms with Gasteiger partial charge in [-0.15, -0.1) is 0 Å². The van der Waals surface area contributed by atoms with E-state index in [-0.39, 0.29) is 0 Å². The van der Waals surface area contributed by atoms with Gasteiger partial charge in [-0.3, -0.25) is 0 Å². The van der Waals surface area contributed by atoms with E-state index in [1.807, 2.05) is 6.20 Å². The number of fused-ring (bicyclic) bond motifs is 2. The lowest BCUT2D eigenvalue weighted by molar-refractivity contribution is 1.13. The molecule has 0 atom stereocenters. The number of hydrogen-bond acceptors (Lipinski definition) is 0. The molecule has 0 saturated heterocycles. The van der Waals surface area contributed by atoms with E-state index < -0.39 is 0 Å². The van der Waals surface area contributed by atoms with Crippen LogP contribution in [0.2, 0.25) is 0 Å². The monoisotopic (exact) mass is 310 g/mol. The summed E-state index contributed by atoms with van der Waals surface area (Å²) in [6.07, 6.45) is 4.10. The first-order valence-electron chi connectivity index (χ1n) is 6.17. The summed E-state index contributed by atoms with van der Waals surface area (Å²) in [7, 11) is 0. The lowest BCUT2D eigenvalue weighted by atomic mass is 10.2. The van der Waals surface area contributed by atoms with E-state index in [9.17, 15) is 0 Å². The summed E-state index contributed by atoms with van der Waals surface area (Å²) in [6.45, 7) is 0. The van der Waals surface area contributed by atoms with Gasteiger partial charge in [-0.05, 0) is 40.2 Å². The molecule has 0 fully saturated rings. The number of aromatic nitrogens is 2. The Morgan fingerprint density at radius 1 is 0.895 bits per heavy atom. The second-order valence-corrected chi connectivity index (χ2v) is 5.44. The van der Waals surface area contributed by atoms with Gasteiger partial charge >= 0.3 is 0 Å². The van der Waals surface area contributed by atoms with Gasteiger partial charge in [0, 0.05) is 27.6 Å². The van der Waals surface area contributed by atoms with E-state index in [0.717, 1.165) is 9.99 Å². The Hall–Kier alpha value is -2.00. The zero-order valence-electron chi connectivity index (χ0n) is 10.1. The number of aromatic amines is 1. The van der Waals surface area contributed by atoms with Crippen molar-refractivity contribution in [1.82, 2.24) is 9.55 Å². The van der Waals surface area contributed by atoms with Crippen LogP contribution in [0.5, 0.6) is 0 Å². The third-order valence-electron chi connectivity index (χ3n) is 3.49. The molecular weight excluding hydrogens is 300 g/mol. The summed E-state index contributed by atoms with van der Waals surface area (Å²) < 4.78 is 3.33. The molecule has 4 aromatic rings. The summed E-state index contributed by atoms with van der Waals surface area (Å²) in [5, 5.41) is 2.46. The highest BCUT2D eigenvalue weighted by Gasteiger charge is 2.09. The topological polar surface area (TPSA) is 20.7 Å². The largest absolute Gasteiger partial charge is 0.359 e. The van der Waals surface area contributed by atoms with E-state index in [0.29, 0.717) is 0 Å². The minimum Gasteiger partial charge on any atom is -0.359 e. The van der Waals surface area contributed by atoms with E-state index in [1.54, 1.807) is 0 Å². The summed E-state index contributed by atoms with van der Waals surface area (Å²) in [6, 6.07) is 16.9. The first kappa shape index (κ1) is 10.9. The van der Waals surface area contributed by atoms with Gasteiger partial charge in [0.05, 0.1) is 16.7 Å². The molecule has 0 aliphatic carbocycles. The van der Waals surface area contributed by atoms with Crippen LogP contribution in [0.25, 0.3) is 27.5 Å². The number of para-hydroxylation sites is 2. The SMILES string of the molecule is Brc1cccc2ccn(-c3cccc4cc[nH]c34)c12. The van der Waals surface area contributed by atoms with Crippen molar-refractivity contribution in [3.05, 3.63) is 65.4 Å². The second kappa shape index (κ2) is 4.00. The molecule has 4 rings (SSSR count). The molecule has 2 aromatic carbocycles. The molecule has 2 nitrogen and oxygen atoms in total. The first-order valence-corrected chi connectivity index (χ1v) is 6.96. The molecule has 3 heteroatoms. The minimum atomic E-state index is 1.11. The Bertz CT molecular complexity index is 886. The maximum atomic E-state index is 3.65. The van der Waals surface area contributed by atoms with Crippen LogP contribution < -0.4 is 0 Å². The predicted octanol–water partition coefficient (Wildman–Crippen LogP) is 4.87. The standard InChI is InChI=1S/C16H11BrN2/c17-13-5-1-4-12-8-10-19(16(12)13)14-6-2-3-11-7-9-18-15(11)14/h1-10,18H. The third-order valence-corrected chi connectivity index (χ3v) is 4.13. The quantitative estimate of drug-likeness (QED) is 0.517.